The van der Waals surface area contributed by atoms with E-state index in [0.717, 1.165) is 16.0 Å². The topological polar surface area (TPSA) is 97.6 Å². The molecule has 1 heterocycles. The maximum Gasteiger partial charge on any atom is 0.294 e. The van der Waals surface area contributed by atoms with Gasteiger partial charge in [0, 0.05) is 10.5 Å². The number of carbonyl (C=O) groups is 3. The van der Waals surface area contributed by atoms with Crippen molar-refractivity contribution in [2.24, 2.45) is 11.8 Å². The van der Waals surface area contributed by atoms with Crippen molar-refractivity contribution in [3.05, 3.63) is 176 Å². The molecular formula is C39H25BrN2O5. The van der Waals surface area contributed by atoms with E-state index in [0.29, 0.717) is 26.7 Å². The first-order valence-corrected chi connectivity index (χ1v) is 16.0. The Hall–Kier alpha value is -5.47. The molecule has 2 aliphatic carbocycles. The highest BCUT2D eigenvalue weighted by Crippen LogP contribution is 2.74. The monoisotopic (exact) mass is 680 g/mol. The predicted octanol–water partition coefficient (Wildman–Crippen LogP) is 7.55. The predicted molar refractivity (Wildman–Crippen MR) is 181 cm³/mol. The molecule has 1 saturated heterocycles. The standard InChI is InChI=1S/C39H25BrN2O5/c40-28-21-22-29(30(23-28)42(46)47)41-35(43)33-34(36(41)44)39(27-19-11-4-12-20-27)32(25-15-7-2-8-16-25)31(24-13-5-1-6-14-24)38(33,37(39)45)26-17-9-3-10-18-26/h1-23,33-34H/t33-,34+,38-,39-/m1/s1. The molecule has 5 aromatic rings. The van der Waals surface area contributed by atoms with Crippen molar-refractivity contribution in [3.63, 3.8) is 0 Å². The lowest BCUT2D eigenvalue weighted by atomic mass is 9.59. The molecule has 2 bridgehead atoms. The van der Waals surface area contributed by atoms with Gasteiger partial charge < -0.3 is 0 Å². The lowest BCUT2D eigenvalue weighted by Crippen LogP contribution is -2.45. The number of carbonyl (C=O) groups excluding carboxylic acids is 3. The molecule has 3 aliphatic rings. The van der Waals surface area contributed by atoms with Crippen molar-refractivity contribution < 1.29 is 19.3 Å². The number of hydrogen-bond donors (Lipinski definition) is 0. The normalized spacial score (nSPS) is 24.6. The third-order valence-corrected chi connectivity index (χ3v) is 10.4. The van der Waals surface area contributed by atoms with Crippen LogP contribution in [0.15, 0.2) is 144 Å². The summed E-state index contributed by atoms with van der Waals surface area (Å²) in [7, 11) is 0. The van der Waals surface area contributed by atoms with Crippen LogP contribution in [0.1, 0.15) is 22.3 Å². The van der Waals surface area contributed by atoms with Crippen LogP contribution in [0.2, 0.25) is 0 Å². The number of nitro benzene ring substituents is 1. The van der Waals surface area contributed by atoms with Gasteiger partial charge >= 0.3 is 0 Å². The summed E-state index contributed by atoms with van der Waals surface area (Å²) in [5.41, 5.74) is 0.357. The molecule has 47 heavy (non-hydrogen) atoms. The van der Waals surface area contributed by atoms with Crippen LogP contribution in [-0.2, 0) is 25.2 Å². The lowest BCUT2D eigenvalue weighted by molar-refractivity contribution is -0.384. The largest absolute Gasteiger partial charge is 0.297 e. The van der Waals surface area contributed by atoms with Crippen molar-refractivity contribution in [2.75, 3.05) is 4.90 Å². The van der Waals surface area contributed by atoms with Gasteiger partial charge in [0.15, 0.2) is 5.78 Å². The third-order valence-electron chi connectivity index (χ3n) is 9.95. The van der Waals surface area contributed by atoms with Crippen LogP contribution in [-0.4, -0.2) is 22.5 Å². The number of allylic oxidation sites excluding steroid dienone is 2. The number of imide groups is 1. The molecule has 228 valence electrons. The Labute approximate surface area is 278 Å². The lowest BCUT2D eigenvalue weighted by Gasteiger charge is -2.39. The summed E-state index contributed by atoms with van der Waals surface area (Å²) in [6.45, 7) is 0. The third kappa shape index (κ3) is 3.70. The van der Waals surface area contributed by atoms with Crippen LogP contribution >= 0.6 is 15.9 Å². The number of hydrogen-bond acceptors (Lipinski definition) is 5. The highest BCUT2D eigenvalue weighted by Gasteiger charge is 2.83. The minimum atomic E-state index is -1.58. The fourth-order valence-electron chi connectivity index (χ4n) is 8.40. The van der Waals surface area contributed by atoms with Crippen molar-refractivity contribution in [1.82, 2.24) is 0 Å². The first-order chi connectivity index (χ1) is 22.8. The number of Topliss-reactive ketones (excluding diaryl/α,β-unsaturated/α-hetero) is 1. The summed E-state index contributed by atoms with van der Waals surface area (Å²) in [5, 5.41) is 12.3. The van der Waals surface area contributed by atoms with Crippen LogP contribution in [0.25, 0.3) is 11.1 Å². The van der Waals surface area contributed by atoms with E-state index in [1.165, 1.54) is 12.1 Å². The number of anilines is 1. The van der Waals surface area contributed by atoms with E-state index in [1.54, 1.807) is 6.07 Å². The molecule has 0 N–H and O–H groups in total. The number of ketones is 1. The van der Waals surface area contributed by atoms with E-state index in [4.69, 9.17) is 0 Å². The van der Waals surface area contributed by atoms with Gasteiger partial charge in [-0.05, 0) is 45.5 Å². The average molecular weight is 682 g/mol. The van der Waals surface area contributed by atoms with Crippen molar-refractivity contribution in [2.45, 2.75) is 10.8 Å². The Morgan fingerprint density at radius 2 is 1.00 bits per heavy atom. The summed E-state index contributed by atoms with van der Waals surface area (Å²) in [6, 6.07) is 41.8. The number of rotatable bonds is 6. The molecule has 8 rings (SSSR count). The Morgan fingerprint density at radius 3 is 1.40 bits per heavy atom. The molecule has 5 aromatic carbocycles. The molecule has 2 amide bonds. The quantitative estimate of drug-likeness (QED) is 0.105. The second-order valence-electron chi connectivity index (χ2n) is 12.0. The molecule has 0 unspecified atom stereocenters. The van der Waals surface area contributed by atoms with Gasteiger partial charge in [0.1, 0.15) is 5.69 Å². The highest BCUT2D eigenvalue weighted by molar-refractivity contribution is 9.10. The fourth-order valence-corrected chi connectivity index (χ4v) is 8.75. The van der Waals surface area contributed by atoms with Gasteiger partial charge in [0.05, 0.1) is 27.6 Å². The second kappa shape index (κ2) is 10.5. The van der Waals surface area contributed by atoms with Gasteiger partial charge in [-0.15, -0.1) is 0 Å². The van der Waals surface area contributed by atoms with Crippen molar-refractivity contribution in [1.29, 1.82) is 0 Å². The summed E-state index contributed by atoms with van der Waals surface area (Å²) < 4.78 is 0.434. The zero-order chi connectivity index (χ0) is 32.5. The molecular weight excluding hydrogens is 656 g/mol. The van der Waals surface area contributed by atoms with E-state index >= 15 is 14.4 Å². The summed E-state index contributed by atoms with van der Waals surface area (Å²) in [5.74, 6) is -3.87. The van der Waals surface area contributed by atoms with Gasteiger partial charge in [-0.3, -0.25) is 24.5 Å². The van der Waals surface area contributed by atoms with Crippen LogP contribution in [0.3, 0.4) is 0 Å². The molecule has 1 saturated carbocycles. The second-order valence-corrected chi connectivity index (χ2v) is 12.9. The van der Waals surface area contributed by atoms with Gasteiger partial charge in [0.25, 0.3) is 5.69 Å². The van der Waals surface area contributed by atoms with Gasteiger partial charge in [-0.1, -0.05) is 137 Å². The van der Waals surface area contributed by atoms with Gasteiger partial charge in [-0.2, -0.15) is 0 Å². The molecule has 0 aromatic heterocycles. The zero-order valence-electron chi connectivity index (χ0n) is 24.7. The Kier molecular flexibility index (Phi) is 6.49. The molecule has 0 spiro atoms. The SMILES string of the molecule is O=C1[C@@H]2[C@H](C(=O)N1c1ccc(Br)cc1[N+](=O)[O-])[C@]1(c3ccccc3)C(=O)[C@]2(c2ccccc2)C(c2ccccc2)=C1c1ccccc1. The van der Waals surface area contributed by atoms with Gasteiger partial charge in [-0.25, -0.2) is 4.90 Å². The van der Waals surface area contributed by atoms with E-state index in [1.807, 2.05) is 121 Å². The van der Waals surface area contributed by atoms with Crippen LogP contribution in [0.4, 0.5) is 11.4 Å². The van der Waals surface area contributed by atoms with Crippen LogP contribution in [0, 0.1) is 22.0 Å². The molecule has 0 radical (unpaired) electrons. The fraction of sp³-hybridized carbons (Fsp3) is 0.103. The summed E-state index contributed by atoms with van der Waals surface area (Å²) >= 11 is 3.29. The van der Waals surface area contributed by atoms with Crippen molar-refractivity contribution in [3.8, 4) is 0 Å². The smallest absolute Gasteiger partial charge is 0.294 e. The van der Waals surface area contributed by atoms with E-state index < -0.39 is 39.4 Å². The number of nitrogens with zero attached hydrogens (tertiary/aromatic N) is 2. The minimum absolute atomic E-state index is 0.122. The molecule has 7 nitrogen and oxygen atoms in total. The van der Waals surface area contributed by atoms with Crippen molar-refractivity contribution >= 4 is 56.0 Å². The molecule has 2 fully saturated rings. The van der Waals surface area contributed by atoms with E-state index in [-0.39, 0.29) is 17.2 Å². The zero-order valence-corrected chi connectivity index (χ0v) is 26.3. The summed E-state index contributed by atoms with van der Waals surface area (Å²) in [6.07, 6.45) is 0. The minimum Gasteiger partial charge on any atom is -0.297 e. The highest BCUT2D eigenvalue weighted by atomic mass is 79.9. The maximum atomic E-state index is 15.9. The first-order valence-electron chi connectivity index (χ1n) is 15.2. The first kappa shape index (κ1) is 29.0. The number of halogens is 1. The van der Waals surface area contributed by atoms with E-state index in [9.17, 15) is 10.1 Å². The Balaban J connectivity index is 1.55. The number of benzene rings is 5. The molecule has 4 atom stereocenters. The van der Waals surface area contributed by atoms with Crippen LogP contribution < -0.4 is 4.90 Å². The molecule has 8 heteroatoms. The Bertz CT molecular complexity index is 2030. The van der Waals surface area contributed by atoms with E-state index in [2.05, 4.69) is 15.9 Å². The van der Waals surface area contributed by atoms with Crippen LogP contribution in [0.5, 0.6) is 0 Å². The summed E-state index contributed by atoms with van der Waals surface area (Å²) in [4.78, 5) is 58.6. The number of fused-ring (bicyclic) bond motifs is 5. The van der Waals surface area contributed by atoms with Gasteiger partial charge in [0.2, 0.25) is 11.8 Å². The Morgan fingerprint density at radius 1 is 0.596 bits per heavy atom. The molecule has 1 aliphatic heterocycles. The average Bonchev–Trinajstić information content (AvgIpc) is 3.62. The maximum absolute atomic E-state index is 15.9. The number of nitro groups is 1. The number of amides is 2.